The second-order valence-electron chi connectivity index (χ2n) is 6.00. The summed E-state index contributed by atoms with van der Waals surface area (Å²) in [5.41, 5.74) is 2.72. The average Bonchev–Trinajstić information content (AvgIpc) is 3.22. The highest BCUT2D eigenvalue weighted by atomic mass is 32.2. The van der Waals surface area contributed by atoms with Crippen molar-refractivity contribution in [1.82, 2.24) is 4.68 Å². The molecule has 0 radical (unpaired) electrons. The van der Waals surface area contributed by atoms with E-state index in [1.165, 1.54) is 32.1 Å². The quantitative estimate of drug-likeness (QED) is 0.253. The van der Waals surface area contributed by atoms with Crippen LogP contribution in [0.5, 0.6) is 0 Å². The predicted octanol–water partition coefficient (Wildman–Crippen LogP) is 4.57. The van der Waals surface area contributed by atoms with Gasteiger partial charge in [0.15, 0.2) is 0 Å². The Morgan fingerprint density at radius 2 is 1.60 bits per heavy atom. The standard InChI is InChI=1S/C23H20N2O4S/c1-28-20(26)14-16-30-22(18-11-7-4-8-12-18)24-25-15-13-19(23(27)29-2)21(25)17-9-5-3-6-10-17/h3-16H,1-2H3/b16-14-,24-22-. The van der Waals surface area contributed by atoms with E-state index in [-0.39, 0.29) is 0 Å². The van der Waals surface area contributed by atoms with Gasteiger partial charge in [-0.3, -0.25) is 0 Å². The van der Waals surface area contributed by atoms with Gasteiger partial charge in [-0.15, -0.1) is 0 Å². The van der Waals surface area contributed by atoms with Crippen molar-refractivity contribution in [3.63, 3.8) is 0 Å². The van der Waals surface area contributed by atoms with Crippen LogP contribution in [0, 0.1) is 0 Å². The largest absolute Gasteiger partial charge is 0.466 e. The van der Waals surface area contributed by atoms with Crippen molar-refractivity contribution in [2.45, 2.75) is 0 Å². The lowest BCUT2D eigenvalue weighted by atomic mass is 10.1. The average molecular weight is 420 g/mol. The summed E-state index contributed by atoms with van der Waals surface area (Å²) in [5, 5.41) is 7.00. The summed E-state index contributed by atoms with van der Waals surface area (Å²) in [6.45, 7) is 0. The number of nitrogens with zero attached hydrogens (tertiary/aromatic N) is 2. The van der Waals surface area contributed by atoms with Crippen LogP contribution in [-0.2, 0) is 14.3 Å². The number of carbonyl (C=O) groups is 2. The fourth-order valence-corrected chi connectivity index (χ4v) is 3.43. The van der Waals surface area contributed by atoms with Gasteiger partial charge in [0.2, 0.25) is 0 Å². The van der Waals surface area contributed by atoms with Gasteiger partial charge in [0.05, 0.1) is 25.5 Å². The van der Waals surface area contributed by atoms with Crippen LogP contribution in [0.25, 0.3) is 11.3 Å². The fourth-order valence-electron chi connectivity index (χ4n) is 2.71. The predicted molar refractivity (Wildman–Crippen MR) is 118 cm³/mol. The Balaban J connectivity index is 2.10. The second-order valence-corrected chi connectivity index (χ2v) is 6.89. The number of hydrogen-bond acceptors (Lipinski definition) is 6. The number of rotatable bonds is 6. The number of thioether (sulfide) groups is 1. The third kappa shape index (κ3) is 5.07. The molecule has 152 valence electrons. The summed E-state index contributed by atoms with van der Waals surface area (Å²) >= 11 is 1.27. The molecule has 0 amide bonds. The topological polar surface area (TPSA) is 69.9 Å². The zero-order valence-corrected chi connectivity index (χ0v) is 17.3. The number of aromatic nitrogens is 1. The van der Waals surface area contributed by atoms with Crippen molar-refractivity contribution in [3.05, 3.63) is 95.5 Å². The third-order valence-corrected chi connectivity index (χ3v) is 4.94. The van der Waals surface area contributed by atoms with E-state index in [0.29, 0.717) is 16.3 Å². The van der Waals surface area contributed by atoms with Crippen LogP contribution in [-0.4, -0.2) is 35.9 Å². The van der Waals surface area contributed by atoms with Crippen LogP contribution < -0.4 is 0 Å². The Bertz CT molecular complexity index is 1070. The molecule has 3 aromatic rings. The zero-order chi connectivity index (χ0) is 21.3. The normalized spacial score (nSPS) is 11.5. The second kappa shape index (κ2) is 10.3. The van der Waals surface area contributed by atoms with Gasteiger partial charge in [-0.1, -0.05) is 72.4 Å². The number of benzene rings is 2. The molecular formula is C23H20N2O4S. The van der Waals surface area contributed by atoms with Crippen LogP contribution in [0.15, 0.2) is 89.5 Å². The molecule has 6 nitrogen and oxygen atoms in total. The molecule has 0 bridgehead atoms. The Labute approximate surface area is 178 Å². The molecule has 1 heterocycles. The molecule has 0 atom stereocenters. The van der Waals surface area contributed by atoms with E-state index in [9.17, 15) is 9.59 Å². The molecule has 0 aliphatic rings. The van der Waals surface area contributed by atoms with Gasteiger partial charge < -0.3 is 9.47 Å². The van der Waals surface area contributed by atoms with E-state index >= 15 is 0 Å². The molecule has 0 spiro atoms. The molecule has 2 aromatic carbocycles. The number of carbonyl (C=O) groups excluding carboxylic acids is 2. The zero-order valence-electron chi connectivity index (χ0n) is 16.5. The lowest BCUT2D eigenvalue weighted by Crippen LogP contribution is -2.05. The van der Waals surface area contributed by atoms with Gasteiger partial charge in [-0.05, 0) is 11.5 Å². The van der Waals surface area contributed by atoms with Crippen molar-refractivity contribution in [3.8, 4) is 11.3 Å². The number of hydrogen-bond donors (Lipinski definition) is 0. The summed E-state index contributed by atoms with van der Waals surface area (Å²) in [5.74, 6) is -0.892. The van der Waals surface area contributed by atoms with E-state index in [1.54, 1.807) is 22.3 Å². The van der Waals surface area contributed by atoms with E-state index < -0.39 is 11.9 Å². The van der Waals surface area contributed by atoms with E-state index in [0.717, 1.165) is 11.1 Å². The van der Waals surface area contributed by atoms with Gasteiger partial charge in [-0.2, -0.15) is 5.10 Å². The molecule has 3 rings (SSSR count). The van der Waals surface area contributed by atoms with Crippen LogP contribution in [0.3, 0.4) is 0 Å². The molecule has 0 saturated carbocycles. The van der Waals surface area contributed by atoms with Gasteiger partial charge in [-0.25, -0.2) is 14.3 Å². The lowest BCUT2D eigenvalue weighted by molar-refractivity contribution is -0.134. The first kappa shape index (κ1) is 21.1. The molecule has 30 heavy (non-hydrogen) atoms. The highest BCUT2D eigenvalue weighted by molar-refractivity contribution is 8.16. The van der Waals surface area contributed by atoms with Gasteiger partial charge in [0.25, 0.3) is 0 Å². The van der Waals surface area contributed by atoms with Crippen molar-refractivity contribution >= 4 is 28.7 Å². The lowest BCUT2D eigenvalue weighted by Gasteiger charge is -2.09. The summed E-state index contributed by atoms with van der Waals surface area (Å²) in [4.78, 5) is 23.7. The van der Waals surface area contributed by atoms with Gasteiger partial charge in [0.1, 0.15) is 5.04 Å². The minimum absolute atomic E-state index is 0.412. The summed E-state index contributed by atoms with van der Waals surface area (Å²) in [6, 6.07) is 20.7. The molecule has 1 aromatic heterocycles. The summed E-state index contributed by atoms with van der Waals surface area (Å²) in [7, 11) is 2.67. The smallest absolute Gasteiger partial charge is 0.340 e. The minimum Gasteiger partial charge on any atom is -0.466 e. The Morgan fingerprint density at radius 1 is 0.933 bits per heavy atom. The molecule has 0 unspecified atom stereocenters. The van der Waals surface area contributed by atoms with Crippen LogP contribution in [0.1, 0.15) is 15.9 Å². The van der Waals surface area contributed by atoms with E-state index in [2.05, 4.69) is 4.74 Å². The van der Waals surface area contributed by atoms with Crippen molar-refractivity contribution in [2.24, 2.45) is 5.10 Å². The molecule has 0 N–H and O–H groups in total. The third-order valence-electron chi connectivity index (χ3n) is 4.12. The maximum atomic E-state index is 12.3. The van der Waals surface area contributed by atoms with Crippen molar-refractivity contribution in [2.75, 3.05) is 14.2 Å². The van der Waals surface area contributed by atoms with Crippen molar-refractivity contribution in [1.29, 1.82) is 0 Å². The van der Waals surface area contributed by atoms with Crippen LogP contribution >= 0.6 is 11.8 Å². The Kier molecular flexibility index (Phi) is 7.24. The Hall–Kier alpha value is -3.58. The first-order chi connectivity index (χ1) is 14.6. The summed E-state index contributed by atoms with van der Waals surface area (Å²) < 4.78 is 11.2. The molecule has 7 heteroatoms. The van der Waals surface area contributed by atoms with E-state index in [4.69, 9.17) is 9.84 Å². The Morgan fingerprint density at radius 3 is 2.23 bits per heavy atom. The number of esters is 2. The maximum absolute atomic E-state index is 12.3. The summed E-state index contributed by atoms with van der Waals surface area (Å²) in [6.07, 6.45) is 3.04. The highest BCUT2D eigenvalue weighted by Gasteiger charge is 2.18. The first-order valence-electron chi connectivity index (χ1n) is 9.04. The van der Waals surface area contributed by atoms with E-state index in [1.807, 2.05) is 60.7 Å². The maximum Gasteiger partial charge on any atom is 0.340 e. The number of ether oxygens (including phenoxy) is 2. The van der Waals surface area contributed by atoms with Gasteiger partial charge in [0, 0.05) is 23.4 Å². The van der Waals surface area contributed by atoms with Crippen LogP contribution in [0.2, 0.25) is 0 Å². The first-order valence-corrected chi connectivity index (χ1v) is 9.92. The highest BCUT2D eigenvalue weighted by Crippen LogP contribution is 2.27. The monoisotopic (exact) mass is 420 g/mol. The van der Waals surface area contributed by atoms with Crippen molar-refractivity contribution < 1.29 is 19.1 Å². The SMILES string of the molecule is COC(=O)/C=C\S/C(=N\n1ccc(C(=O)OC)c1-c1ccccc1)c1ccccc1. The molecule has 0 fully saturated rings. The molecule has 0 aliphatic heterocycles. The molecular weight excluding hydrogens is 400 g/mol. The molecule has 0 aliphatic carbocycles. The minimum atomic E-state index is -0.450. The molecule has 0 saturated heterocycles. The number of methoxy groups -OCH3 is 2. The van der Waals surface area contributed by atoms with Gasteiger partial charge >= 0.3 is 11.9 Å². The van der Waals surface area contributed by atoms with Crippen LogP contribution in [0.4, 0.5) is 0 Å². The fraction of sp³-hybridized carbons (Fsp3) is 0.0870.